The van der Waals surface area contributed by atoms with Crippen LogP contribution in [0.3, 0.4) is 0 Å². The van der Waals surface area contributed by atoms with Crippen molar-refractivity contribution in [3.8, 4) is 0 Å². The van der Waals surface area contributed by atoms with Gasteiger partial charge in [-0.15, -0.1) is 0 Å². The summed E-state index contributed by atoms with van der Waals surface area (Å²) in [5, 5.41) is 9.03. The standard InChI is InChI=1S/C16H16N2O3/c19-15-12(16(20)21)8-17-14-6-7-18(10-13(14)15)9-11-4-2-1-3-5-11/h1-5,8H,6-7,9-10H2,(H,17,19)(H,20,21). The van der Waals surface area contributed by atoms with Crippen molar-refractivity contribution in [1.29, 1.82) is 0 Å². The molecule has 0 aliphatic carbocycles. The molecule has 1 aromatic heterocycles. The van der Waals surface area contributed by atoms with E-state index < -0.39 is 5.97 Å². The number of aromatic amines is 1. The lowest BCUT2D eigenvalue weighted by atomic mass is 10.0. The summed E-state index contributed by atoms with van der Waals surface area (Å²) in [4.78, 5) is 28.4. The largest absolute Gasteiger partial charge is 0.477 e. The van der Waals surface area contributed by atoms with Crippen LogP contribution in [0.5, 0.6) is 0 Å². The number of H-pyrrole nitrogens is 1. The number of carboxylic acids is 1. The fraction of sp³-hybridized carbons (Fsp3) is 0.250. The number of carboxylic acid groups (broad SMARTS) is 1. The summed E-state index contributed by atoms with van der Waals surface area (Å²) >= 11 is 0. The number of pyridine rings is 1. The second kappa shape index (κ2) is 5.54. The highest BCUT2D eigenvalue weighted by Crippen LogP contribution is 2.16. The Morgan fingerprint density at radius 2 is 2.05 bits per heavy atom. The molecule has 0 radical (unpaired) electrons. The van der Waals surface area contributed by atoms with E-state index >= 15 is 0 Å². The number of aromatic carboxylic acids is 1. The lowest BCUT2D eigenvalue weighted by molar-refractivity contribution is 0.0694. The first-order chi connectivity index (χ1) is 10.1. The molecule has 0 unspecified atom stereocenters. The molecule has 21 heavy (non-hydrogen) atoms. The van der Waals surface area contributed by atoms with Crippen molar-refractivity contribution in [2.24, 2.45) is 0 Å². The van der Waals surface area contributed by atoms with E-state index in [-0.39, 0.29) is 11.0 Å². The molecule has 108 valence electrons. The summed E-state index contributed by atoms with van der Waals surface area (Å²) in [6.07, 6.45) is 2.04. The van der Waals surface area contributed by atoms with Crippen molar-refractivity contribution in [1.82, 2.24) is 9.88 Å². The number of benzene rings is 1. The second-order valence-electron chi connectivity index (χ2n) is 5.24. The molecule has 2 aromatic rings. The maximum Gasteiger partial charge on any atom is 0.341 e. The maximum absolute atomic E-state index is 12.2. The predicted octanol–water partition coefficient (Wildman–Crippen LogP) is 1.63. The quantitative estimate of drug-likeness (QED) is 0.898. The van der Waals surface area contributed by atoms with Crippen molar-refractivity contribution in [2.75, 3.05) is 6.54 Å². The minimum Gasteiger partial charge on any atom is -0.477 e. The molecule has 0 amide bonds. The number of hydrogen-bond donors (Lipinski definition) is 2. The molecule has 0 spiro atoms. The number of aromatic nitrogens is 1. The van der Waals surface area contributed by atoms with E-state index in [1.807, 2.05) is 30.3 Å². The molecule has 5 heteroatoms. The minimum atomic E-state index is -1.18. The molecule has 1 aliphatic heterocycles. The third-order valence-corrected chi connectivity index (χ3v) is 3.81. The smallest absolute Gasteiger partial charge is 0.341 e. The number of nitrogens with zero attached hydrogens (tertiary/aromatic N) is 1. The van der Waals surface area contributed by atoms with Gasteiger partial charge in [-0.05, 0) is 5.56 Å². The number of nitrogens with one attached hydrogen (secondary N) is 1. The molecule has 2 heterocycles. The molecule has 1 aliphatic rings. The predicted molar refractivity (Wildman–Crippen MR) is 78.3 cm³/mol. The van der Waals surface area contributed by atoms with Crippen LogP contribution in [0.15, 0.2) is 41.3 Å². The van der Waals surface area contributed by atoms with Crippen molar-refractivity contribution >= 4 is 5.97 Å². The van der Waals surface area contributed by atoms with E-state index in [1.165, 1.54) is 11.8 Å². The van der Waals surface area contributed by atoms with Gasteiger partial charge < -0.3 is 10.1 Å². The summed E-state index contributed by atoms with van der Waals surface area (Å²) < 4.78 is 0. The van der Waals surface area contributed by atoms with E-state index in [2.05, 4.69) is 9.88 Å². The first-order valence-electron chi connectivity index (χ1n) is 6.88. The highest BCUT2D eigenvalue weighted by Gasteiger charge is 2.22. The fourth-order valence-corrected chi connectivity index (χ4v) is 2.71. The first-order valence-corrected chi connectivity index (χ1v) is 6.88. The number of hydrogen-bond acceptors (Lipinski definition) is 3. The molecule has 0 fully saturated rings. The molecule has 5 nitrogen and oxygen atoms in total. The van der Waals surface area contributed by atoms with Gasteiger partial charge in [0, 0.05) is 43.5 Å². The van der Waals surface area contributed by atoms with Crippen molar-refractivity contribution in [3.05, 3.63) is 69.1 Å². The van der Waals surface area contributed by atoms with Crippen molar-refractivity contribution < 1.29 is 9.90 Å². The van der Waals surface area contributed by atoms with E-state index in [4.69, 9.17) is 5.11 Å². The van der Waals surface area contributed by atoms with Gasteiger partial charge in [-0.25, -0.2) is 4.79 Å². The highest BCUT2D eigenvalue weighted by atomic mass is 16.4. The Balaban J connectivity index is 1.86. The van der Waals surface area contributed by atoms with Gasteiger partial charge in [0.05, 0.1) is 0 Å². The van der Waals surface area contributed by atoms with Gasteiger partial charge in [0.15, 0.2) is 0 Å². The maximum atomic E-state index is 12.2. The Labute approximate surface area is 121 Å². The summed E-state index contributed by atoms with van der Waals surface area (Å²) in [5.41, 5.74) is 2.07. The zero-order valence-electron chi connectivity index (χ0n) is 11.5. The van der Waals surface area contributed by atoms with Crippen LogP contribution in [0.2, 0.25) is 0 Å². The van der Waals surface area contributed by atoms with Gasteiger partial charge in [-0.1, -0.05) is 30.3 Å². The third-order valence-electron chi connectivity index (χ3n) is 3.81. The van der Waals surface area contributed by atoms with Crippen molar-refractivity contribution in [2.45, 2.75) is 19.5 Å². The summed E-state index contributed by atoms with van der Waals surface area (Å²) in [5.74, 6) is -1.18. The average molecular weight is 284 g/mol. The summed E-state index contributed by atoms with van der Waals surface area (Å²) in [6, 6.07) is 10.0. The Morgan fingerprint density at radius 3 is 2.76 bits per heavy atom. The molecule has 0 bridgehead atoms. The van der Waals surface area contributed by atoms with Gasteiger partial charge in [-0.2, -0.15) is 0 Å². The topological polar surface area (TPSA) is 73.4 Å². The van der Waals surface area contributed by atoms with Crippen LogP contribution >= 0.6 is 0 Å². The van der Waals surface area contributed by atoms with Gasteiger partial charge in [0.2, 0.25) is 5.43 Å². The Hall–Kier alpha value is -2.40. The van der Waals surface area contributed by atoms with Crippen molar-refractivity contribution in [3.63, 3.8) is 0 Å². The van der Waals surface area contributed by atoms with Gasteiger partial charge in [0.25, 0.3) is 0 Å². The van der Waals surface area contributed by atoms with Crippen LogP contribution in [-0.2, 0) is 19.5 Å². The average Bonchev–Trinajstić information content (AvgIpc) is 2.49. The normalized spacial score (nSPS) is 14.7. The molecular formula is C16H16N2O3. The molecular weight excluding hydrogens is 268 g/mol. The fourth-order valence-electron chi connectivity index (χ4n) is 2.71. The zero-order chi connectivity index (χ0) is 14.8. The lowest BCUT2D eigenvalue weighted by Crippen LogP contribution is -2.35. The van der Waals surface area contributed by atoms with Crippen LogP contribution in [0, 0.1) is 0 Å². The number of fused-ring (bicyclic) bond motifs is 1. The second-order valence-corrected chi connectivity index (χ2v) is 5.24. The minimum absolute atomic E-state index is 0.185. The van der Waals surface area contributed by atoms with Crippen LogP contribution in [0.1, 0.15) is 27.2 Å². The van der Waals surface area contributed by atoms with Crippen LogP contribution in [0.25, 0.3) is 0 Å². The van der Waals surface area contributed by atoms with Crippen LogP contribution in [0.4, 0.5) is 0 Å². The van der Waals surface area contributed by atoms with Gasteiger partial charge in [0.1, 0.15) is 5.56 Å². The molecule has 0 saturated heterocycles. The van der Waals surface area contributed by atoms with Gasteiger partial charge in [-0.3, -0.25) is 9.69 Å². The van der Waals surface area contributed by atoms with E-state index in [9.17, 15) is 9.59 Å². The SMILES string of the molecule is O=C(O)c1c[nH]c2c(c1=O)CN(Cc1ccccc1)CC2. The van der Waals surface area contributed by atoms with Crippen LogP contribution in [-0.4, -0.2) is 27.5 Å². The van der Waals surface area contributed by atoms with E-state index in [1.54, 1.807) is 0 Å². The first kappa shape index (κ1) is 13.6. The van der Waals surface area contributed by atoms with Gasteiger partial charge >= 0.3 is 5.97 Å². The van der Waals surface area contributed by atoms with Crippen LogP contribution < -0.4 is 5.43 Å². The Morgan fingerprint density at radius 1 is 1.29 bits per heavy atom. The molecule has 0 saturated carbocycles. The van der Waals surface area contributed by atoms with E-state index in [0.29, 0.717) is 12.1 Å². The highest BCUT2D eigenvalue weighted by molar-refractivity contribution is 5.87. The summed E-state index contributed by atoms with van der Waals surface area (Å²) in [7, 11) is 0. The monoisotopic (exact) mass is 284 g/mol. The third kappa shape index (κ3) is 2.73. The Bertz CT molecular complexity index is 722. The summed E-state index contributed by atoms with van der Waals surface area (Å²) in [6.45, 7) is 2.10. The molecule has 1 aromatic carbocycles. The molecule has 3 rings (SSSR count). The Kier molecular flexibility index (Phi) is 3.58. The number of rotatable bonds is 3. The van der Waals surface area contributed by atoms with E-state index in [0.717, 1.165) is 25.2 Å². The number of carbonyl (C=O) groups is 1. The zero-order valence-corrected chi connectivity index (χ0v) is 11.5. The molecule has 2 N–H and O–H groups in total. The lowest BCUT2D eigenvalue weighted by Gasteiger charge is -2.28. The molecule has 0 atom stereocenters.